The van der Waals surface area contributed by atoms with E-state index in [2.05, 4.69) is 25.7 Å². The van der Waals surface area contributed by atoms with Gasteiger partial charge in [-0.15, -0.1) is 0 Å². The highest BCUT2D eigenvalue weighted by molar-refractivity contribution is 9.10. The standard InChI is InChI=1S/C13H8BrF2NO2/c14-9-1-2-10(11(7-9)19-13(15)16)12(18)8-3-5-17-6-4-8/h1-7,13H. The second-order valence-electron chi connectivity index (χ2n) is 3.58. The maximum atomic E-state index is 12.3. The maximum absolute atomic E-state index is 12.3. The van der Waals surface area contributed by atoms with Gasteiger partial charge < -0.3 is 4.74 Å². The van der Waals surface area contributed by atoms with Gasteiger partial charge in [0, 0.05) is 22.4 Å². The van der Waals surface area contributed by atoms with E-state index < -0.39 is 12.4 Å². The molecule has 0 unspecified atom stereocenters. The molecule has 2 aromatic rings. The number of benzene rings is 1. The quantitative estimate of drug-likeness (QED) is 0.804. The van der Waals surface area contributed by atoms with E-state index >= 15 is 0 Å². The number of hydrogen-bond acceptors (Lipinski definition) is 3. The van der Waals surface area contributed by atoms with Crippen LogP contribution in [0.3, 0.4) is 0 Å². The molecule has 0 aliphatic rings. The normalized spacial score (nSPS) is 10.5. The summed E-state index contributed by atoms with van der Waals surface area (Å²) < 4.78 is 29.6. The number of hydrogen-bond donors (Lipinski definition) is 0. The Hall–Kier alpha value is -1.82. The van der Waals surface area contributed by atoms with Crippen molar-refractivity contribution in [1.29, 1.82) is 0 Å². The van der Waals surface area contributed by atoms with Gasteiger partial charge >= 0.3 is 6.61 Å². The number of alkyl halides is 2. The molecule has 0 aliphatic heterocycles. The van der Waals surface area contributed by atoms with Gasteiger partial charge in [0.25, 0.3) is 0 Å². The molecular weight excluding hydrogens is 320 g/mol. The molecule has 0 amide bonds. The van der Waals surface area contributed by atoms with Gasteiger partial charge in [-0.05, 0) is 30.3 Å². The van der Waals surface area contributed by atoms with E-state index in [4.69, 9.17) is 0 Å². The summed E-state index contributed by atoms with van der Waals surface area (Å²) in [6, 6.07) is 7.38. The van der Waals surface area contributed by atoms with Crippen LogP contribution in [0.25, 0.3) is 0 Å². The van der Waals surface area contributed by atoms with Gasteiger partial charge in [-0.1, -0.05) is 15.9 Å². The van der Waals surface area contributed by atoms with Crippen LogP contribution in [0.1, 0.15) is 15.9 Å². The molecule has 0 atom stereocenters. The summed E-state index contributed by atoms with van der Waals surface area (Å²) in [7, 11) is 0. The number of ether oxygens (including phenoxy) is 1. The predicted octanol–water partition coefficient (Wildman–Crippen LogP) is 3.68. The summed E-state index contributed by atoms with van der Waals surface area (Å²) in [5, 5.41) is 0. The molecule has 0 bridgehead atoms. The van der Waals surface area contributed by atoms with Crippen LogP contribution in [-0.4, -0.2) is 17.4 Å². The molecule has 98 valence electrons. The molecule has 0 N–H and O–H groups in total. The van der Waals surface area contributed by atoms with Crippen LogP contribution in [0, 0.1) is 0 Å². The number of carbonyl (C=O) groups is 1. The molecule has 0 fully saturated rings. The highest BCUT2D eigenvalue weighted by Gasteiger charge is 2.17. The number of rotatable bonds is 4. The van der Waals surface area contributed by atoms with Crippen molar-refractivity contribution in [1.82, 2.24) is 4.98 Å². The first-order valence-corrected chi connectivity index (χ1v) is 6.06. The van der Waals surface area contributed by atoms with Gasteiger partial charge in [-0.25, -0.2) is 0 Å². The summed E-state index contributed by atoms with van der Waals surface area (Å²) in [5.74, 6) is -0.559. The van der Waals surface area contributed by atoms with Crippen molar-refractivity contribution in [3.05, 3.63) is 58.3 Å². The second-order valence-corrected chi connectivity index (χ2v) is 4.50. The lowest BCUT2D eigenvalue weighted by Crippen LogP contribution is -2.09. The third-order valence-electron chi connectivity index (χ3n) is 2.35. The topological polar surface area (TPSA) is 39.2 Å². The van der Waals surface area contributed by atoms with E-state index in [9.17, 15) is 13.6 Å². The largest absolute Gasteiger partial charge is 0.434 e. The van der Waals surface area contributed by atoms with E-state index in [1.54, 1.807) is 6.07 Å². The van der Waals surface area contributed by atoms with Crippen molar-refractivity contribution < 1.29 is 18.3 Å². The van der Waals surface area contributed by atoms with Gasteiger partial charge in [0.15, 0.2) is 5.78 Å². The average molecular weight is 328 g/mol. The predicted molar refractivity (Wildman–Crippen MR) is 68.4 cm³/mol. The van der Waals surface area contributed by atoms with Crippen LogP contribution in [0.5, 0.6) is 5.75 Å². The van der Waals surface area contributed by atoms with Gasteiger partial charge in [-0.3, -0.25) is 9.78 Å². The van der Waals surface area contributed by atoms with Crippen molar-refractivity contribution in [3.8, 4) is 5.75 Å². The van der Waals surface area contributed by atoms with Gasteiger partial charge in [0.05, 0.1) is 5.56 Å². The Labute approximate surface area is 116 Å². The molecule has 1 aromatic carbocycles. The summed E-state index contributed by atoms with van der Waals surface area (Å²) in [5.41, 5.74) is 0.436. The van der Waals surface area contributed by atoms with Crippen molar-refractivity contribution >= 4 is 21.7 Å². The van der Waals surface area contributed by atoms with Gasteiger partial charge in [0.2, 0.25) is 0 Å². The highest BCUT2D eigenvalue weighted by atomic mass is 79.9. The number of pyridine rings is 1. The van der Waals surface area contributed by atoms with E-state index in [1.807, 2.05) is 0 Å². The molecule has 0 radical (unpaired) electrons. The number of nitrogens with zero attached hydrogens (tertiary/aromatic N) is 1. The fourth-order valence-electron chi connectivity index (χ4n) is 1.54. The minimum absolute atomic E-state index is 0.0784. The SMILES string of the molecule is O=C(c1ccncc1)c1ccc(Br)cc1OC(F)F. The first-order valence-electron chi connectivity index (χ1n) is 5.27. The summed E-state index contributed by atoms with van der Waals surface area (Å²) in [4.78, 5) is 16.0. The molecule has 19 heavy (non-hydrogen) atoms. The Kier molecular flexibility index (Phi) is 4.21. The molecule has 1 aromatic heterocycles. The summed E-state index contributed by atoms with van der Waals surface area (Å²) in [6.07, 6.45) is 2.92. The zero-order chi connectivity index (χ0) is 13.8. The maximum Gasteiger partial charge on any atom is 0.387 e. The molecule has 0 saturated carbocycles. The smallest absolute Gasteiger partial charge is 0.387 e. The van der Waals surface area contributed by atoms with Crippen molar-refractivity contribution in [3.63, 3.8) is 0 Å². The average Bonchev–Trinajstić information content (AvgIpc) is 2.38. The molecule has 1 heterocycles. The zero-order valence-corrected chi connectivity index (χ0v) is 11.1. The summed E-state index contributed by atoms with van der Waals surface area (Å²) >= 11 is 3.15. The molecule has 0 spiro atoms. The van der Waals surface area contributed by atoms with Crippen LogP contribution in [0.4, 0.5) is 8.78 Å². The van der Waals surface area contributed by atoms with Crippen LogP contribution < -0.4 is 4.74 Å². The lowest BCUT2D eigenvalue weighted by Gasteiger charge is -2.10. The van der Waals surface area contributed by atoms with Crippen LogP contribution >= 0.6 is 15.9 Å². The molecule has 0 saturated heterocycles. The fraction of sp³-hybridized carbons (Fsp3) is 0.0769. The van der Waals surface area contributed by atoms with Crippen LogP contribution in [-0.2, 0) is 0 Å². The lowest BCUT2D eigenvalue weighted by molar-refractivity contribution is -0.0501. The summed E-state index contributed by atoms with van der Waals surface area (Å²) in [6.45, 7) is -2.99. The number of halogens is 3. The molecule has 6 heteroatoms. The number of aromatic nitrogens is 1. The Balaban J connectivity index is 2.41. The lowest BCUT2D eigenvalue weighted by atomic mass is 10.0. The first kappa shape index (κ1) is 13.6. The molecule has 3 nitrogen and oxygen atoms in total. The van der Waals surface area contributed by atoms with E-state index in [0.29, 0.717) is 10.0 Å². The highest BCUT2D eigenvalue weighted by Crippen LogP contribution is 2.27. The minimum Gasteiger partial charge on any atom is -0.434 e. The second kappa shape index (κ2) is 5.88. The van der Waals surface area contributed by atoms with E-state index in [1.165, 1.54) is 36.7 Å². The Bertz CT molecular complexity index is 590. The fourth-order valence-corrected chi connectivity index (χ4v) is 1.88. The Morgan fingerprint density at radius 3 is 2.53 bits per heavy atom. The van der Waals surface area contributed by atoms with Crippen molar-refractivity contribution in [2.45, 2.75) is 6.61 Å². The zero-order valence-electron chi connectivity index (χ0n) is 9.52. The number of ketones is 1. The van der Waals surface area contributed by atoms with Crippen molar-refractivity contribution in [2.24, 2.45) is 0 Å². The monoisotopic (exact) mass is 327 g/mol. The Morgan fingerprint density at radius 2 is 1.89 bits per heavy atom. The number of carbonyl (C=O) groups excluding carboxylic acids is 1. The molecule has 0 aliphatic carbocycles. The van der Waals surface area contributed by atoms with Crippen LogP contribution in [0.15, 0.2) is 47.2 Å². The van der Waals surface area contributed by atoms with E-state index in [-0.39, 0.29) is 11.3 Å². The molecular formula is C13H8BrF2NO2. The third-order valence-corrected chi connectivity index (χ3v) is 2.84. The van der Waals surface area contributed by atoms with Gasteiger partial charge in [0.1, 0.15) is 5.75 Å². The van der Waals surface area contributed by atoms with Crippen molar-refractivity contribution in [2.75, 3.05) is 0 Å². The first-order chi connectivity index (χ1) is 9.08. The third kappa shape index (κ3) is 3.35. The van der Waals surface area contributed by atoms with Crippen LogP contribution in [0.2, 0.25) is 0 Å². The Morgan fingerprint density at radius 1 is 1.21 bits per heavy atom. The molecule has 2 rings (SSSR count). The van der Waals surface area contributed by atoms with E-state index in [0.717, 1.165) is 0 Å². The van der Waals surface area contributed by atoms with Gasteiger partial charge in [-0.2, -0.15) is 8.78 Å². The minimum atomic E-state index is -2.99.